The molecule has 1 N–H and O–H groups in total. The second kappa shape index (κ2) is 8.19. The average molecular weight is 394 g/mol. The summed E-state index contributed by atoms with van der Waals surface area (Å²) < 4.78 is 30.7. The zero-order chi connectivity index (χ0) is 19.3. The van der Waals surface area contributed by atoms with Gasteiger partial charge in [0.15, 0.2) is 6.61 Å². The fourth-order valence-corrected chi connectivity index (χ4v) is 3.08. The van der Waals surface area contributed by atoms with Crippen LogP contribution in [0.1, 0.15) is 5.56 Å². The van der Waals surface area contributed by atoms with E-state index in [1.165, 1.54) is 32.3 Å². The van der Waals surface area contributed by atoms with Crippen LogP contribution in [-0.2, 0) is 14.8 Å². The van der Waals surface area contributed by atoms with Gasteiger partial charge in [-0.1, -0.05) is 23.7 Å². The normalized spacial score (nSPS) is 11.0. The summed E-state index contributed by atoms with van der Waals surface area (Å²) in [5.74, 6) is -0.265. The van der Waals surface area contributed by atoms with Crippen molar-refractivity contribution in [1.29, 1.82) is 5.26 Å². The van der Waals surface area contributed by atoms with Gasteiger partial charge in [-0.3, -0.25) is 4.79 Å². The maximum Gasteiger partial charge on any atom is 0.262 e. The largest absolute Gasteiger partial charge is 0.482 e. The van der Waals surface area contributed by atoms with Gasteiger partial charge in [-0.15, -0.1) is 0 Å². The molecule has 0 heterocycles. The molecular formula is C17H16ClN3O4S. The molecule has 1 amide bonds. The highest BCUT2D eigenvalue weighted by atomic mass is 35.5. The maximum absolute atomic E-state index is 12.2. The lowest BCUT2D eigenvalue weighted by Crippen LogP contribution is -2.23. The molecule has 0 saturated heterocycles. The number of rotatable bonds is 6. The fourth-order valence-electron chi connectivity index (χ4n) is 1.99. The highest BCUT2D eigenvalue weighted by Crippen LogP contribution is 2.26. The summed E-state index contributed by atoms with van der Waals surface area (Å²) in [6.07, 6.45) is 0. The first-order valence-corrected chi connectivity index (χ1v) is 9.21. The predicted molar refractivity (Wildman–Crippen MR) is 97.6 cm³/mol. The van der Waals surface area contributed by atoms with Gasteiger partial charge >= 0.3 is 0 Å². The van der Waals surface area contributed by atoms with Crippen molar-refractivity contribution in [2.24, 2.45) is 0 Å². The van der Waals surface area contributed by atoms with E-state index in [9.17, 15) is 13.2 Å². The number of halogens is 1. The maximum atomic E-state index is 12.2. The molecule has 0 fully saturated rings. The molecule has 2 rings (SSSR count). The van der Waals surface area contributed by atoms with E-state index >= 15 is 0 Å². The Morgan fingerprint density at radius 1 is 1.27 bits per heavy atom. The van der Waals surface area contributed by atoms with Crippen LogP contribution >= 0.6 is 11.6 Å². The molecule has 0 aromatic heterocycles. The van der Waals surface area contributed by atoms with Gasteiger partial charge in [-0.05, 0) is 30.3 Å². The van der Waals surface area contributed by atoms with Crippen molar-refractivity contribution >= 4 is 33.2 Å². The molecule has 0 atom stereocenters. The summed E-state index contributed by atoms with van der Waals surface area (Å²) >= 11 is 6.03. The molecule has 136 valence electrons. The third-order valence-corrected chi connectivity index (χ3v) is 5.50. The zero-order valence-electron chi connectivity index (χ0n) is 14.1. The zero-order valence-corrected chi connectivity index (χ0v) is 15.6. The highest BCUT2D eigenvalue weighted by Gasteiger charge is 2.19. The number of hydrogen-bond acceptors (Lipinski definition) is 5. The lowest BCUT2D eigenvalue weighted by molar-refractivity contribution is -0.118. The second-order valence-corrected chi connectivity index (χ2v) is 7.93. The number of nitrogens with one attached hydrogen (secondary N) is 1. The molecule has 0 saturated carbocycles. The lowest BCUT2D eigenvalue weighted by Gasteiger charge is -2.14. The Morgan fingerprint density at radius 3 is 2.62 bits per heavy atom. The van der Waals surface area contributed by atoms with Gasteiger partial charge in [0.25, 0.3) is 5.91 Å². The van der Waals surface area contributed by atoms with E-state index in [4.69, 9.17) is 21.6 Å². The molecular weight excluding hydrogens is 378 g/mol. The van der Waals surface area contributed by atoms with Crippen molar-refractivity contribution in [3.63, 3.8) is 0 Å². The number of sulfonamides is 1. The summed E-state index contributed by atoms with van der Waals surface area (Å²) in [4.78, 5) is 12.1. The van der Waals surface area contributed by atoms with Gasteiger partial charge in [-0.2, -0.15) is 5.26 Å². The number of nitriles is 1. The SMILES string of the molecule is CN(C)S(=O)(=O)c1ccc(Cl)c(NC(=O)COc2ccccc2C#N)c1. The van der Waals surface area contributed by atoms with Crippen molar-refractivity contribution in [3.05, 3.63) is 53.1 Å². The van der Waals surface area contributed by atoms with E-state index in [0.29, 0.717) is 5.56 Å². The average Bonchev–Trinajstić information content (AvgIpc) is 2.61. The molecule has 2 aromatic carbocycles. The molecule has 0 aliphatic carbocycles. The van der Waals surface area contributed by atoms with Crippen molar-refractivity contribution < 1.29 is 17.9 Å². The Hall–Kier alpha value is -2.60. The van der Waals surface area contributed by atoms with E-state index in [1.54, 1.807) is 24.3 Å². The second-order valence-electron chi connectivity index (χ2n) is 5.37. The van der Waals surface area contributed by atoms with Crippen LogP contribution in [0.2, 0.25) is 5.02 Å². The fraction of sp³-hybridized carbons (Fsp3) is 0.176. The number of anilines is 1. The number of carbonyl (C=O) groups is 1. The van der Waals surface area contributed by atoms with Crippen LogP contribution in [-0.4, -0.2) is 39.3 Å². The van der Waals surface area contributed by atoms with Crippen molar-refractivity contribution in [2.45, 2.75) is 4.90 Å². The quantitative estimate of drug-likeness (QED) is 0.812. The number of carbonyl (C=O) groups excluding carboxylic acids is 1. The number of ether oxygens (including phenoxy) is 1. The molecule has 0 aliphatic heterocycles. The van der Waals surface area contributed by atoms with Crippen molar-refractivity contribution in [1.82, 2.24) is 4.31 Å². The number of amides is 1. The molecule has 2 aromatic rings. The summed E-state index contributed by atoms with van der Waals surface area (Å²) in [7, 11) is -0.849. The Morgan fingerprint density at radius 2 is 1.96 bits per heavy atom. The summed E-state index contributed by atoms with van der Waals surface area (Å²) in [5, 5.41) is 11.7. The van der Waals surface area contributed by atoms with Crippen LogP contribution in [0.15, 0.2) is 47.4 Å². The number of para-hydroxylation sites is 1. The third-order valence-electron chi connectivity index (χ3n) is 3.36. The van der Waals surface area contributed by atoms with Gasteiger partial charge in [-0.25, -0.2) is 12.7 Å². The van der Waals surface area contributed by atoms with Crippen LogP contribution in [0, 0.1) is 11.3 Å². The van der Waals surface area contributed by atoms with Crippen LogP contribution in [0.5, 0.6) is 5.75 Å². The van der Waals surface area contributed by atoms with Gasteiger partial charge in [0, 0.05) is 14.1 Å². The minimum atomic E-state index is -3.66. The van der Waals surface area contributed by atoms with Gasteiger partial charge < -0.3 is 10.1 Å². The topological polar surface area (TPSA) is 99.5 Å². The van der Waals surface area contributed by atoms with E-state index in [1.807, 2.05) is 6.07 Å². The van der Waals surface area contributed by atoms with E-state index in [0.717, 1.165) is 4.31 Å². The lowest BCUT2D eigenvalue weighted by atomic mass is 10.2. The molecule has 0 radical (unpaired) electrons. The number of benzene rings is 2. The molecule has 9 heteroatoms. The third kappa shape index (κ3) is 4.52. The molecule has 0 aliphatic rings. The summed E-state index contributed by atoms with van der Waals surface area (Å²) in [6.45, 7) is -0.361. The first-order valence-electron chi connectivity index (χ1n) is 7.39. The van der Waals surface area contributed by atoms with Crippen molar-refractivity contribution in [2.75, 3.05) is 26.0 Å². The minimum Gasteiger partial charge on any atom is -0.482 e. The number of hydrogen-bond donors (Lipinski definition) is 1. The van der Waals surface area contributed by atoms with Crippen LogP contribution in [0.3, 0.4) is 0 Å². The van der Waals surface area contributed by atoms with Gasteiger partial charge in [0.2, 0.25) is 10.0 Å². The van der Waals surface area contributed by atoms with Gasteiger partial charge in [0.05, 0.1) is 21.2 Å². The first kappa shape index (κ1) is 19.7. The Balaban J connectivity index is 2.13. The minimum absolute atomic E-state index is 0.00190. The first-order chi connectivity index (χ1) is 12.3. The molecule has 0 spiro atoms. The van der Waals surface area contributed by atoms with Crippen molar-refractivity contribution in [3.8, 4) is 11.8 Å². The summed E-state index contributed by atoms with van der Waals surface area (Å²) in [6, 6.07) is 12.5. The van der Waals surface area contributed by atoms with Gasteiger partial charge in [0.1, 0.15) is 11.8 Å². The smallest absolute Gasteiger partial charge is 0.262 e. The van der Waals surface area contributed by atoms with E-state index in [-0.39, 0.29) is 28.0 Å². The highest BCUT2D eigenvalue weighted by molar-refractivity contribution is 7.89. The number of nitrogens with zero attached hydrogens (tertiary/aromatic N) is 2. The summed E-state index contributed by atoms with van der Waals surface area (Å²) in [5.41, 5.74) is 0.453. The van der Waals surface area contributed by atoms with E-state index in [2.05, 4.69) is 5.32 Å². The molecule has 7 nitrogen and oxygen atoms in total. The Bertz CT molecular complexity index is 968. The van der Waals surface area contributed by atoms with Crippen LogP contribution in [0.25, 0.3) is 0 Å². The van der Waals surface area contributed by atoms with E-state index < -0.39 is 15.9 Å². The molecule has 0 unspecified atom stereocenters. The van der Waals surface area contributed by atoms with Crippen LogP contribution in [0.4, 0.5) is 5.69 Å². The predicted octanol–water partition coefficient (Wildman–Crippen LogP) is 2.48. The van der Waals surface area contributed by atoms with Crippen LogP contribution < -0.4 is 10.1 Å². The monoisotopic (exact) mass is 393 g/mol. The molecule has 26 heavy (non-hydrogen) atoms. The standard InChI is InChI=1S/C17H16ClN3O4S/c1-21(2)26(23,24)13-7-8-14(18)15(9-13)20-17(22)11-25-16-6-4-3-5-12(16)10-19/h3-9H,11H2,1-2H3,(H,20,22). The Kier molecular flexibility index (Phi) is 6.21. The molecule has 0 bridgehead atoms. The Labute approximate surface area is 156 Å².